The van der Waals surface area contributed by atoms with Crippen LogP contribution in [0.25, 0.3) is 0 Å². The summed E-state index contributed by atoms with van der Waals surface area (Å²) in [5.74, 6) is 0. The molecule has 9 heteroatoms. The molecule has 0 spiro atoms. The van der Waals surface area contributed by atoms with Crippen LogP contribution in [0.3, 0.4) is 0 Å². The summed E-state index contributed by atoms with van der Waals surface area (Å²) in [6.07, 6.45) is -6.06. The quantitative estimate of drug-likeness (QED) is 0.234. The van der Waals surface area contributed by atoms with Gasteiger partial charge in [-0.2, -0.15) is 0 Å². The molecule has 5 atom stereocenters. The molecule has 1 aliphatic heterocycles. The number of hydrazine groups is 1. The maximum atomic E-state index is 9.76. The molecule has 18 heavy (non-hydrogen) atoms. The van der Waals surface area contributed by atoms with E-state index >= 15 is 0 Å². The van der Waals surface area contributed by atoms with Crippen molar-refractivity contribution < 1.29 is 25.2 Å². The molecule has 0 unspecified atom stereocenters. The Morgan fingerprint density at radius 3 is 2.39 bits per heavy atom. The van der Waals surface area contributed by atoms with Gasteiger partial charge in [-0.1, -0.05) is 0 Å². The van der Waals surface area contributed by atoms with Crippen LogP contribution >= 0.6 is 12.2 Å². The standard InChI is InChI=1S/C9H19N3O5S/c1-10-9(18)12(2)11-8-7(16)6(15)5(14)4(3-13)17-8/h4-8,11,13-16H,3H2,1-2H3,(H,10,18)/t4-,5+,6+,7+,8-/m0/s1. The van der Waals surface area contributed by atoms with Crippen molar-refractivity contribution in [2.24, 2.45) is 0 Å². The van der Waals surface area contributed by atoms with Crippen molar-refractivity contribution in [3.05, 3.63) is 0 Å². The Kier molecular flexibility index (Phi) is 5.66. The van der Waals surface area contributed by atoms with Crippen LogP contribution in [-0.4, -0.2) is 81.9 Å². The second kappa shape index (κ2) is 6.57. The van der Waals surface area contributed by atoms with Crippen molar-refractivity contribution in [1.29, 1.82) is 0 Å². The fraction of sp³-hybridized carbons (Fsp3) is 0.889. The predicted molar refractivity (Wildman–Crippen MR) is 66.3 cm³/mol. The van der Waals surface area contributed by atoms with Crippen LogP contribution in [0.2, 0.25) is 0 Å². The summed E-state index contributed by atoms with van der Waals surface area (Å²) < 4.78 is 5.25. The van der Waals surface area contributed by atoms with Gasteiger partial charge < -0.3 is 30.5 Å². The maximum Gasteiger partial charge on any atom is 0.183 e. The molecule has 8 nitrogen and oxygen atoms in total. The topological polar surface area (TPSA) is 117 Å². The van der Waals surface area contributed by atoms with Gasteiger partial charge in [0.2, 0.25) is 0 Å². The fourth-order valence-corrected chi connectivity index (χ4v) is 1.68. The van der Waals surface area contributed by atoms with Gasteiger partial charge in [-0.05, 0) is 12.2 Å². The van der Waals surface area contributed by atoms with Crippen molar-refractivity contribution in [3.63, 3.8) is 0 Å². The number of aliphatic hydroxyl groups is 4. The Labute approximate surface area is 110 Å². The van der Waals surface area contributed by atoms with Crippen LogP contribution in [0.15, 0.2) is 0 Å². The highest BCUT2D eigenvalue weighted by Crippen LogP contribution is 2.19. The number of ether oxygens (including phenoxy) is 1. The van der Waals surface area contributed by atoms with Crippen LogP contribution < -0.4 is 10.7 Å². The van der Waals surface area contributed by atoms with Gasteiger partial charge in [-0.25, -0.2) is 5.43 Å². The number of hydrogen-bond acceptors (Lipinski definition) is 7. The molecule has 1 fully saturated rings. The zero-order valence-corrected chi connectivity index (χ0v) is 11.0. The molecule has 1 aliphatic rings. The first-order valence-corrected chi connectivity index (χ1v) is 5.85. The number of rotatable bonds is 3. The fourth-order valence-electron chi connectivity index (χ4n) is 1.63. The molecule has 0 saturated carbocycles. The molecular formula is C9H19N3O5S. The highest BCUT2D eigenvalue weighted by molar-refractivity contribution is 7.80. The number of aliphatic hydroxyl groups excluding tert-OH is 4. The van der Waals surface area contributed by atoms with Crippen molar-refractivity contribution in [3.8, 4) is 0 Å². The summed E-state index contributed by atoms with van der Waals surface area (Å²) in [5, 5.41) is 42.4. The number of nitrogens with one attached hydrogen (secondary N) is 2. The molecule has 0 aliphatic carbocycles. The second-order valence-electron chi connectivity index (χ2n) is 3.99. The van der Waals surface area contributed by atoms with Gasteiger partial charge in [-0.3, -0.25) is 5.01 Å². The minimum Gasteiger partial charge on any atom is -0.394 e. The van der Waals surface area contributed by atoms with Gasteiger partial charge >= 0.3 is 0 Å². The molecule has 1 saturated heterocycles. The maximum absolute atomic E-state index is 9.76. The van der Waals surface area contributed by atoms with Gasteiger partial charge in [0.15, 0.2) is 11.3 Å². The number of thiocarbonyl (C=S) groups is 1. The largest absolute Gasteiger partial charge is 0.394 e. The minimum atomic E-state index is -1.41. The molecule has 0 aromatic heterocycles. The van der Waals surface area contributed by atoms with E-state index in [1.165, 1.54) is 5.01 Å². The van der Waals surface area contributed by atoms with Crippen molar-refractivity contribution in [2.45, 2.75) is 30.6 Å². The second-order valence-corrected chi connectivity index (χ2v) is 4.38. The average molecular weight is 281 g/mol. The molecule has 0 aromatic carbocycles. The SMILES string of the molecule is CNC(=S)N(C)N[C@H]1O[C@@H](CO)[C@@H](O)[C@@H](O)[C@H]1O. The van der Waals surface area contributed by atoms with Crippen molar-refractivity contribution in [1.82, 2.24) is 15.8 Å². The van der Waals surface area contributed by atoms with Crippen molar-refractivity contribution >= 4 is 17.3 Å². The first kappa shape index (κ1) is 15.5. The Bertz CT molecular complexity index is 293. The summed E-state index contributed by atoms with van der Waals surface area (Å²) in [7, 11) is 3.23. The van der Waals surface area contributed by atoms with E-state index in [0.717, 1.165) is 0 Å². The van der Waals surface area contributed by atoms with E-state index in [0.29, 0.717) is 5.11 Å². The van der Waals surface area contributed by atoms with Crippen LogP contribution in [-0.2, 0) is 4.74 Å². The lowest BCUT2D eigenvalue weighted by atomic mass is 9.99. The smallest absolute Gasteiger partial charge is 0.183 e. The van der Waals surface area contributed by atoms with Crippen LogP contribution in [0, 0.1) is 0 Å². The lowest BCUT2D eigenvalue weighted by Crippen LogP contribution is -2.65. The summed E-state index contributed by atoms with van der Waals surface area (Å²) in [5.41, 5.74) is 2.71. The average Bonchev–Trinajstić information content (AvgIpc) is 2.38. The highest BCUT2D eigenvalue weighted by Gasteiger charge is 2.43. The summed E-state index contributed by atoms with van der Waals surface area (Å²) in [6.45, 7) is -0.469. The highest BCUT2D eigenvalue weighted by atomic mass is 32.1. The molecule has 1 heterocycles. The van der Waals surface area contributed by atoms with Gasteiger partial charge in [0, 0.05) is 14.1 Å². The third-order valence-corrected chi connectivity index (χ3v) is 3.21. The first-order chi connectivity index (χ1) is 8.42. The third kappa shape index (κ3) is 3.26. The lowest BCUT2D eigenvalue weighted by molar-refractivity contribution is -0.243. The first-order valence-electron chi connectivity index (χ1n) is 5.44. The summed E-state index contributed by atoms with van der Waals surface area (Å²) >= 11 is 4.95. The lowest BCUT2D eigenvalue weighted by Gasteiger charge is -2.41. The third-order valence-electron chi connectivity index (χ3n) is 2.73. The molecule has 6 N–H and O–H groups in total. The van der Waals surface area contributed by atoms with Crippen molar-refractivity contribution in [2.75, 3.05) is 20.7 Å². The zero-order valence-electron chi connectivity index (χ0n) is 10.1. The molecule has 0 aromatic rings. The predicted octanol–water partition coefficient (Wildman–Crippen LogP) is -3.27. The van der Waals surface area contributed by atoms with E-state index in [2.05, 4.69) is 10.7 Å². The van der Waals surface area contributed by atoms with Gasteiger partial charge in [-0.15, -0.1) is 0 Å². The van der Waals surface area contributed by atoms with Crippen LogP contribution in [0.1, 0.15) is 0 Å². The monoisotopic (exact) mass is 281 g/mol. The van der Waals surface area contributed by atoms with Gasteiger partial charge in [0.05, 0.1) is 6.61 Å². The van der Waals surface area contributed by atoms with E-state index in [4.69, 9.17) is 22.1 Å². The molecular weight excluding hydrogens is 262 g/mol. The van der Waals surface area contributed by atoms with Crippen LogP contribution in [0.4, 0.5) is 0 Å². The van der Waals surface area contributed by atoms with Crippen LogP contribution in [0.5, 0.6) is 0 Å². The molecule has 0 amide bonds. The Morgan fingerprint density at radius 1 is 1.28 bits per heavy atom. The molecule has 1 rings (SSSR count). The van der Waals surface area contributed by atoms with Gasteiger partial charge in [0.1, 0.15) is 24.4 Å². The zero-order chi connectivity index (χ0) is 13.9. The Morgan fingerprint density at radius 2 is 1.89 bits per heavy atom. The summed E-state index contributed by atoms with van der Waals surface area (Å²) in [4.78, 5) is 0. The number of nitrogens with zero attached hydrogens (tertiary/aromatic N) is 1. The van der Waals surface area contributed by atoms with E-state index < -0.39 is 37.3 Å². The molecule has 106 valence electrons. The van der Waals surface area contributed by atoms with E-state index in [1.54, 1.807) is 14.1 Å². The normalized spacial score (nSPS) is 36.2. The van der Waals surface area contributed by atoms with E-state index in [1.807, 2.05) is 0 Å². The number of hydrogen-bond donors (Lipinski definition) is 6. The van der Waals surface area contributed by atoms with Gasteiger partial charge in [0.25, 0.3) is 0 Å². The Hall–Kier alpha value is -0.550. The Balaban J connectivity index is 2.67. The summed E-state index contributed by atoms with van der Waals surface area (Å²) in [6, 6.07) is 0. The molecule has 0 bridgehead atoms. The minimum absolute atomic E-state index is 0.354. The van der Waals surface area contributed by atoms with E-state index in [-0.39, 0.29) is 0 Å². The molecule has 0 radical (unpaired) electrons. The van der Waals surface area contributed by atoms with E-state index in [9.17, 15) is 15.3 Å².